The van der Waals surface area contributed by atoms with Gasteiger partial charge in [0, 0.05) is 25.4 Å². The van der Waals surface area contributed by atoms with Crippen LogP contribution in [0.4, 0.5) is 8.78 Å². The van der Waals surface area contributed by atoms with Gasteiger partial charge in [0.05, 0.1) is 40.3 Å². The first kappa shape index (κ1) is 26.0. The number of amides is 1. The van der Waals surface area contributed by atoms with Crippen molar-refractivity contribution in [2.75, 3.05) is 34.3 Å². The van der Waals surface area contributed by atoms with Crippen molar-refractivity contribution >= 4 is 11.9 Å². The van der Waals surface area contributed by atoms with Gasteiger partial charge in [0.15, 0.2) is 11.6 Å². The van der Waals surface area contributed by atoms with Gasteiger partial charge in [0.25, 0.3) is 0 Å². The highest BCUT2D eigenvalue weighted by atomic mass is 19.2. The number of aliphatic carboxylic acids is 1. The lowest BCUT2D eigenvalue weighted by molar-refractivity contribution is -0.871. The topological polar surface area (TPSA) is 78.5 Å². The Morgan fingerprint density at radius 3 is 2.37 bits per heavy atom. The van der Waals surface area contributed by atoms with Crippen molar-refractivity contribution < 1.29 is 32.7 Å². The number of carboxylic acids is 1. The van der Waals surface area contributed by atoms with E-state index in [9.17, 15) is 23.5 Å². The minimum Gasteiger partial charge on any atom is -0.550 e. The van der Waals surface area contributed by atoms with Crippen LogP contribution in [0.15, 0.2) is 18.2 Å². The molecule has 30 heavy (non-hydrogen) atoms. The second-order valence-electron chi connectivity index (χ2n) is 8.63. The number of hydrogen-bond donors (Lipinski definition) is 1. The Morgan fingerprint density at radius 1 is 1.07 bits per heavy atom. The molecule has 0 aromatic heterocycles. The molecular formula is C22H34F2N2O4. The molecule has 0 radical (unpaired) electrons. The minimum absolute atomic E-state index is 0.135. The third-order valence-electron chi connectivity index (χ3n) is 4.49. The number of nitrogens with zero attached hydrogens (tertiary/aromatic N) is 1. The molecule has 1 atom stereocenters. The summed E-state index contributed by atoms with van der Waals surface area (Å²) in [7, 11) is 5.82. The Kier molecular flexibility index (Phi) is 11.5. The summed E-state index contributed by atoms with van der Waals surface area (Å²) in [6, 6.07) is 3.29. The molecule has 1 amide bonds. The lowest BCUT2D eigenvalue weighted by Crippen LogP contribution is -2.50. The van der Waals surface area contributed by atoms with Crippen LogP contribution in [-0.4, -0.2) is 56.7 Å². The molecule has 0 fully saturated rings. The predicted molar refractivity (Wildman–Crippen MR) is 108 cm³/mol. The van der Waals surface area contributed by atoms with E-state index in [-0.39, 0.29) is 18.9 Å². The molecule has 0 heterocycles. The van der Waals surface area contributed by atoms with Crippen LogP contribution in [0, 0.1) is 11.6 Å². The van der Waals surface area contributed by atoms with E-state index >= 15 is 0 Å². The zero-order valence-corrected chi connectivity index (χ0v) is 18.2. The Morgan fingerprint density at radius 2 is 1.73 bits per heavy atom. The monoisotopic (exact) mass is 428 g/mol. The third-order valence-corrected chi connectivity index (χ3v) is 4.49. The van der Waals surface area contributed by atoms with E-state index in [0.29, 0.717) is 29.6 Å². The molecule has 0 bridgehead atoms. The van der Waals surface area contributed by atoms with Gasteiger partial charge in [-0.3, -0.25) is 4.79 Å². The van der Waals surface area contributed by atoms with Crippen LogP contribution < -0.4 is 10.4 Å². The van der Waals surface area contributed by atoms with Gasteiger partial charge in [-0.1, -0.05) is 25.3 Å². The molecule has 0 saturated carbocycles. The average Bonchev–Trinajstić information content (AvgIpc) is 2.61. The van der Waals surface area contributed by atoms with Crippen LogP contribution in [-0.2, 0) is 20.9 Å². The number of carbonyl (C=O) groups excluding carboxylic acids is 2. The first-order valence-corrected chi connectivity index (χ1v) is 10.4. The number of likely N-dealkylation sites (N-methyl/N-ethyl adjacent to an activating group) is 1. The number of nitrogens with one attached hydrogen (secondary N) is 1. The Balaban J connectivity index is 2.10. The first-order valence-electron chi connectivity index (χ1n) is 10.4. The molecule has 0 aliphatic heterocycles. The zero-order chi connectivity index (χ0) is 22.6. The largest absolute Gasteiger partial charge is 0.550 e. The van der Waals surface area contributed by atoms with Gasteiger partial charge in [-0.25, -0.2) is 8.78 Å². The summed E-state index contributed by atoms with van der Waals surface area (Å²) >= 11 is 0. The summed E-state index contributed by atoms with van der Waals surface area (Å²) < 4.78 is 32.0. The van der Waals surface area contributed by atoms with Crippen LogP contribution in [0.25, 0.3) is 0 Å². The predicted octanol–water partition coefficient (Wildman–Crippen LogP) is 2.15. The van der Waals surface area contributed by atoms with Crippen molar-refractivity contribution in [3.05, 3.63) is 35.4 Å². The summed E-state index contributed by atoms with van der Waals surface area (Å²) in [6.07, 6.45) is 4.59. The van der Waals surface area contributed by atoms with Crippen molar-refractivity contribution in [2.45, 2.75) is 57.6 Å². The quantitative estimate of drug-likeness (QED) is 0.343. The molecule has 1 aromatic rings. The Labute approximate surface area is 177 Å². The molecule has 0 unspecified atom stereocenters. The number of quaternary nitrogens is 1. The van der Waals surface area contributed by atoms with E-state index in [0.717, 1.165) is 44.2 Å². The number of carboxylic acid groups (broad SMARTS) is 1. The molecule has 6 nitrogen and oxygen atoms in total. The molecule has 1 aromatic carbocycles. The SMILES string of the molecule is C[N+](C)(C)C[C@@H](CC(=O)[O-])NC(=O)CCCCCCCOCc1ccc(F)c(F)c1. The van der Waals surface area contributed by atoms with Crippen LogP contribution in [0.5, 0.6) is 0 Å². The second-order valence-corrected chi connectivity index (χ2v) is 8.63. The van der Waals surface area contributed by atoms with E-state index in [4.69, 9.17) is 4.74 Å². The van der Waals surface area contributed by atoms with Crippen molar-refractivity contribution in [1.82, 2.24) is 5.32 Å². The maximum Gasteiger partial charge on any atom is 0.220 e. The molecule has 1 rings (SSSR count). The fourth-order valence-electron chi connectivity index (χ4n) is 3.16. The van der Waals surface area contributed by atoms with Gasteiger partial charge < -0.3 is 24.4 Å². The van der Waals surface area contributed by atoms with Crippen LogP contribution in [0.1, 0.15) is 50.5 Å². The Bertz CT molecular complexity index is 678. The van der Waals surface area contributed by atoms with E-state index in [1.165, 1.54) is 6.07 Å². The summed E-state index contributed by atoms with van der Waals surface area (Å²) in [5.74, 6) is -3.04. The maximum absolute atomic E-state index is 13.1. The molecule has 1 N–H and O–H groups in total. The third kappa shape index (κ3) is 12.5. The fraction of sp³-hybridized carbons (Fsp3) is 0.636. The van der Waals surface area contributed by atoms with Gasteiger partial charge >= 0.3 is 0 Å². The number of hydrogen-bond acceptors (Lipinski definition) is 4. The number of rotatable bonds is 15. The van der Waals surface area contributed by atoms with Crippen molar-refractivity contribution in [3.63, 3.8) is 0 Å². The van der Waals surface area contributed by atoms with Gasteiger partial charge in [-0.05, 0) is 30.5 Å². The van der Waals surface area contributed by atoms with Crippen LogP contribution in [0.3, 0.4) is 0 Å². The number of halogens is 2. The van der Waals surface area contributed by atoms with E-state index in [1.807, 2.05) is 21.1 Å². The Hall–Kier alpha value is -2.06. The maximum atomic E-state index is 13.1. The highest BCUT2D eigenvalue weighted by Crippen LogP contribution is 2.11. The van der Waals surface area contributed by atoms with Crippen LogP contribution >= 0.6 is 0 Å². The van der Waals surface area contributed by atoms with Crippen molar-refractivity contribution in [1.29, 1.82) is 0 Å². The molecule has 0 saturated heterocycles. The molecule has 0 aliphatic carbocycles. The molecule has 0 spiro atoms. The van der Waals surface area contributed by atoms with Gasteiger partial charge in [0.1, 0.15) is 0 Å². The zero-order valence-electron chi connectivity index (χ0n) is 18.2. The first-order chi connectivity index (χ1) is 14.1. The fourth-order valence-corrected chi connectivity index (χ4v) is 3.16. The number of unbranched alkanes of at least 4 members (excludes halogenated alkanes) is 4. The minimum atomic E-state index is -1.17. The molecule has 170 valence electrons. The lowest BCUT2D eigenvalue weighted by atomic mass is 10.1. The number of carbonyl (C=O) groups is 2. The van der Waals surface area contributed by atoms with Gasteiger partial charge in [-0.2, -0.15) is 0 Å². The van der Waals surface area contributed by atoms with Gasteiger partial charge in [-0.15, -0.1) is 0 Å². The number of benzene rings is 1. The lowest BCUT2D eigenvalue weighted by Gasteiger charge is -2.30. The summed E-state index contributed by atoms with van der Waals surface area (Å²) in [5, 5.41) is 13.7. The van der Waals surface area contributed by atoms with E-state index in [1.54, 1.807) is 0 Å². The second kappa shape index (κ2) is 13.3. The highest BCUT2D eigenvalue weighted by Gasteiger charge is 2.20. The van der Waals surface area contributed by atoms with Gasteiger partial charge in [0.2, 0.25) is 5.91 Å². The molecule has 8 heteroatoms. The summed E-state index contributed by atoms with van der Waals surface area (Å²) in [4.78, 5) is 23.0. The summed E-state index contributed by atoms with van der Waals surface area (Å²) in [6.45, 7) is 1.30. The normalized spacial score (nSPS) is 12.6. The smallest absolute Gasteiger partial charge is 0.220 e. The standard InChI is InChI=1S/C22H34F2N2O4/c1-26(2,3)15-18(14-22(28)29)25-21(27)9-7-5-4-6-8-12-30-16-17-10-11-19(23)20(24)13-17/h10-11,13,18H,4-9,12,14-16H2,1-3H3,(H-,25,27,28,29)/t18-/m1/s1. The van der Waals surface area contributed by atoms with Crippen LogP contribution in [0.2, 0.25) is 0 Å². The summed E-state index contributed by atoms with van der Waals surface area (Å²) in [5.41, 5.74) is 0.599. The molecular weight excluding hydrogens is 394 g/mol. The van der Waals surface area contributed by atoms with E-state index in [2.05, 4.69) is 5.32 Å². The van der Waals surface area contributed by atoms with Crippen molar-refractivity contribution in [2.24, 2.45) is 0 Å². The highest BCUT2D eigenvalue weighted by molar-refractivity contribution is 5.77. The molecule has 0 aliphatic rings. The average molecular weight is 429 g/mol. The van der Waals surface area contributed by atoms with E-state index < -0.39 is 23.6 Å². The van der Waals surface area contributed by atoms with Crippen molar-refractivity contribution in [3.8, 4) is 0 Å². The number of ether oxygens (including phenoxy) is 1.